The molecule has 14 heavy (non-hydrogen) atoms. The smallest absolute Gasteiger partial charge is 0.267 e. The van der Waals surface area contributed by atoms with E-state index in [0.717, 1.165) is 6.20 Å². The summed E-state index contributed by atoms with van der Waals surface area (Å²) in [5.41, 5.74) is -0.182. The van der Waals surface area contributed by atoms with E-state index in [-0.39, 0.29) is 16.6 Å². The minimum Gasteiger partial charge on any atom is -0.506 e. The Morgan fingerprint density at radius 1 is 1.50 bits per heavy atom. The molecule has 0 atom stereocenters. The van der Waals surface area contributed by atoms with Crippen LogP contribution in [0.4, 0.5) is 8.78 Å². The highest BCUT2D eigenvalue weighted by Gasteiger charge is 2.20. The topological polar surface area (TPSA) is 53.4 Å². The van der Waals surface area contributed by atoms with Crippen molar-refractivity contribution in [2.24, 2.45) is 0 Å². The Hall–Kier alpha value is -0.750. The minimum absolute atomic E-state index is 0.115. The molecule has 0 aliphatic rings. The van der Waals surface area contributed by atoms with Crippen molar-refractivity contribution >= 4 is 15.9 Å². The molecule has 78 valence electrons. The fourth-order valence-electron chi connectivity index (χ4n) is 1.13. The number of rotatable bonds is 3. The molecule has 3 nitrogen and oxygen atoms in total. The highest BCUT2D eigenvalue weighted by Crippen LogP contribution is 2.33. The second-order valence-corrected chi connectivity index (χ2v) is 3.14. The van der Waals surface area contributed by atoms with Gasteiger partial charge in [0, 0.05) is 5.33 Å². The normalized spacial score (nSPS) is 10.9. The van der Waals surface area contributed by atoms with Crippen LogP contribution in [0, 0.1) is 0 Å². The molecule has 0 unspecified atom stereocenters. The van der Waals surface area contributed by atoms with Crippen molar-refractivity contribution in [3.8, 4) is 5.75 Å². The van der Waals surface area contributed by atoms with E-state index in [1.807, 2.05) is 0 Å². The van der Waals surface area contributed by atoms with E-state index < -0.39 is 24.3 Å². The van der Waals surface area contributed by atoms with E-state index >= 15 is 0 Å². The van der Waals surface area contributed by atoms with Gasteiger partial charge in [-0.3, -0.25) is 4.98 Å². The maximum absolute atomic E-state index is 12.5. The van der Waals surface area contributed by atoms with Crippen LogP contribution in [0.3, 0.4) is 0 Å². The molecule has 1 heterocycles. The van der Waals surface area contributed by atoms with Gasteiger partial charge in [-0.15, -0.1) is 0 Å². The Balaban J connectivity index is 3.35. The minimum atomic E-state index is -2.78. The molecule has 0 radical (unpaired) electrons. The Kier molecular flexibility index (Phi) is 3.77. The average Bonchev–Trinajstić information content (AvgIpc) is 2.16. The highest BCUT2D eigenvalue weighted by atomic mass is 79.9. The quantitative estimate of drug-likeness (QED) is 0.825. The Morgan fingerprint density at radius 3 is 2.57 bits per heavy atom. The van der Waals surface area contributed by atoms with Crippen LogP contribution in [-0.4, -0.2) is 15.2 Å². The van der Waals surface area contributed by atoms with Crippen molar-refractivity contribution in [2.45, 2.75) is 18.4 Å². The molecule has 0 spiro atoms. The standard InChI is InChI=1S/C8H8BrF2NO2/c9-1-4-5(3-13)12-2-6(14)7(4)8(10)11/h2,8,13-14H,1,3H2. The summed E-state index contributed by atoms with van der Waals surface area (Å²) in [4.78, 5) is 3.65. The summed E-state index contributed by atoms with van der Waals surface area (Å²) in [5, 5.41) is 18.1. The van der Waals surface area contributed by atoms with Crippen molar-refractivity contribution in [1.82, 2.24) is 4.98 Å². The number of pyridine rings is 1. The zero-order chi connectivity index (χ0) is 10.7. The lowest BCUT2D eigenvalue weighted by Gasteiger charge is -2.11. The van der Waals surface area contributed by atoms with E-state index in [9.17, 15) is 8.78 Å². The van der Waals surface area contributed by atoms with Gasteiger partial charge in [0.25, 0.3) is 6.43 Å². The van der Waals surface area contributed by atoms with E-state index in [1.165, 1.54) is 0 Å². The predicted octanol–water partition coefficient (Wildman–Crippen LogP) is 2.11. The van der Waals surface area contributed by atoms with Crippen molar-refractivity contribution in [3.63, 3.8) is 0 Å². The number of aromatic nitrogens is 1. The number of alkyl halides is 3. The summed E-state index contributed by atoms with van der Waals surface area (Å²) in [6.45, 7) is -0.430. The summed E-state index contributed by atoms with van der Waals surface area (Å²) in [7, 11) is 0. The van der Waals surface area contributed by atoms with E-state index in [4.69, 9.17) is 10.2 Å². The Bertz CT molecular complexity index is 333. The fourth-order valence-corrected chi connectivity index (χ4v) is 1.75. The van der Waals surface area contributed by atoms with Gasteiger partial charge in [0.2, 0.25) is 0 Å². The number of hydrogen-bond donors (Lipinski definition) is 2. The molecule has 0 aliphatic carbocycles. The molecule has 1 aromatic rings. The fraction of sp³-hybridized carbons (Fsp3) is 0.375. The van der Waals surface area contributed by atoms with Crippen molar-refractivity contribution in [1.29, 1.82) is 0 Å². The first kappa shape index (κ1) is 11.3. The number of nitrogens with zero attached hydrogens (tertiary/aromatic N) is 1. The highest BCUT2D eigenvalue weighted by molar-refractivity contribution is 9.08. The third-order valence-electron chi connectivity index (χ3n) is 1.79. The summed E-state index contributed by atoms with van der Waals surface area (Å²) in [6.07, 6.45) is -1.87. The van der Waals surface area contributed by atoms with Crippen LogP contribution in [0.5, 0.6) is 5.75 Å². The maximum atomic E-state index is 12.5. The van der Waals surface area contributed by atoms with Crippen molar-refractivity contribution in [3.05, 3.63) is 23.0 Å². The molecule has 0 saturated carbocycles. The number of aliphatic hydroxyl groups is 1. The molecule has 0 aromatic carbocycles. The van der Waals surface area contributed by atoms with Gasteiger partial charge in [0.15, 0.2) is 0 Å². The van der Waals surface area contributed by atoms with Crippen LogP contribution >= 0.6 is 15.9 Å². The lowest BCUT2D eigenvalue weighted by Crippen LogP contribution is -2.02. The Labute approximate surface area is 87.5 Å². The summed E-state index contributed by atoms with van der Waals surface area (Å²) in [5.74, 6) is -0.549. The number of aromatic hydroxyl groups is 1. The SMILES string of the molecule is OCc1ncc(O)c(C(F)F)c1CBr. The van der Waals surface area contributed by atoms with E-state index in [0.29, 0.717) is 0 Å². The molecule has 1 aromatic heterocycles. The van der Waals surface area contributed by atoms with Gasteiger partial charge in [-0.05, 0) is 5.56 Å². The third kappa shape index (κ3) is 2.01. The van der Waals surface area contributed by atoms with Gasteiger partial charge >= 0.3 is 0 Å². The molecule has 0 fully saturated rings. The first-order chi connectivity index (χ1) is 6.61. The largest absolute Gasteiger partial charge is 0.506 e. The molecule has 0 amide bonds. The Morgan fingerprint density at radius 2 is 2.14 bits per heavy atom. The van der Waals surface area contributed by atoms with Gasteiger partial charge in [-0.25, -0.2) is 8.78 Å². The predicted molar refractivity (Wildman–Crippen MR) is 49.4 cm³/mol. The molecular weight excluding hydrogens is 260 g/mol. The molecule has 0 bridgehead atoms. The van der Waals surface area contributed by atoms with Gasteiger partial charge in [-0.1, -0.05) is 15.9 Å². The average molecular weight is 268 g/mol. The van der Waals surface area contributed by atoms with Crippen LogP contribution in [-0.2, 0) is 11.9 Å². The second kappa shape index (κ2) is 4.65. The first-order valence-corrected chi connectivity index (χ1v) is 4.88. The van der Waals surface area contributed by atoms with Gasteiger partial charge < -0.3 is 10.2 Å². The van der Waals surface area contributed by atoms with Crippen LogP contribution in [0.2, 0.25) is 0 Å². The van der Waals surface area contributed by atoms with E-state index in [1.54, 1.807) is 0 Å². The summed E-state index contributed by atoms with van der Waals surface area (Å²) >= 11 is 3.01. The number of hydrogen-bond acceptors (Lipinski definition) is 3. The summed E-state index contributed by atoms with van der Waals surface area (Å²) < 4.78 is 25.0. The number of halogens is 3. The monoisotopic (exact) mass is 267 g/mol. The lowest BCUT2D eigenvalue weighted by atomic mass is 10.1. The first-order valence-electron chi connectivity index (χ1n) is 3.76. The summed E-state index contributed by atoms with van der Waals surface area (Å²) in [6, 6.07) is 0. The van der Waals surface area contributed by atoms with Gasteiger partial charge in [0.05, 0.1) is 24.1 Å². The third-order valence-corrected chi connectivity index (χ3v) is 2.35. The molecule has 6 heteroatoms. The molecule has 2 N–H and O–H groups in total. The van der Waals surface area contributed by atoms with Crippen LogP contribution in [0.1, 0.15) is 23.2 Å². The van der Waals surface area contributed by atoms with Crippen LogP contribution in [0.25, 0.3) is 0 Å². The van der Waals surface area contributed by atoms with Crippen molar-refractivity contribution < 1.29 is 19.0 Å². The molecule has 0 saturated heterocycles. The van der Waals surface area contributed by atoms with Gasteiger partial charge in [-0.2, -0.15) is 0 Å². The molecular formula is C8H8BrF2NO2. The van der Waals surface area contributed by atoms with Crippen LogP contribution in [0.15, 0.2) is 6.20 Å². The maximum Gasteiger partial charge on any atom is 0.267 e. The van der Waals surface area contributed by atoms with Crippen LogP contribution < -0.4 is 0 Å². The molecule has 0 aliphatic heterocycles. The number of aliphatic hydroxyl groups excluding tert-OH is 1. The van der Waals surface area contributed by atoms with Crippen molar-refractivity contribution in [2.75, 3.05) is 0 Å². The zero-order valence-corrected chi connectivity index (χ0v) is 8.63. The second-order valence-electron chi connectivity index (χ2n) is 2.57. The zero-order valence-electron chi connectivity index (χ0n) is 7.04. The van der Waals surface area contributed by atoms with Gasteiger partial charge in [0.1, 0.15) is 5.75 Å². The molecule has 1 rings (SSSR count). The van der Waals surface area contributed by atoms with E-state index in [2.05, 4.69) is 20.9 Å². The lowest BCUT2D eigenvalue weighted by molar-refractivity contribution is 0.146.